The first-order valence-electron chi connectivity index (χ1n) is 6.59. The summed E-state index contributed by atoms with van der Waals surface area (Å²) in [5, 5.41) is 2.14. The zero-order valence-electron chi connectivity index (χ0n) is 11.6. The molecule has 104 valence electrons. The summed E-state index contributed by atoms with van der Waals surface area (Å²) in [6.07, 6.45) is 1.17. The number of anilines is 1. The molecule has 0 radical (unpaired) electrons. The Kier molecular flexibility index (Phi) is 3.51. The van der Waals surface area contributed by atoms with Crippen LogP contribution in [-0.2, 0) is 0 Å². The number of hydrogen-bond donors (Lipinski definition) is 0. The summed E-state index contributed by atoms with van der Waals surface area (Å²) < 4.78 is 5.39. The van der Waals surface area contributed by atoms with E-state index in [-0.39, 0.29) is 0 Å². The summed E-state index contributed by atoms with van der Waals surface area (Å²) in [7, 11) is 1.63. The predicted octanol–water partition coefficient (Wildman–Crippen LogP) is 3.87. The van der Waals surface area contributed by atoms with Crippen molar-refractivity contribution in [3.63, 3.8) is 0 Å². The first-order chi connectivity index (χ1) is 10.2. The third-order valence-electron chi connectivity index (χ3n) is 3.19. The Balaban J connectivity index is 1.80. The molecule has 4 nitrogen and oxygen atoms in total. The van der Waals surface area contributed by atoms with Gasteiger partial charge >= 0.3 is 6.09 Å². The van der Waals surface area contributed by atoms with Crippen LogP contribution in [0.1, 0.15) is 0 Å². The van der Waals surface area contributed by atoms with Gasteiger partial charge in [0.15, 0.2) is 0 Å². The smallest absolute Gasteiger partial charge is 0.410 e. The number of pyridine rings is 1. The molecule has 0 unspecified atom stereocenters. The Hall–Kier alpha value is -2.88. The molecular weight excluding hydrogens is 264 g/mol. The molecule has 0 atom stereocenters. The Morgan fingerprint density at radius 1 is 1.00 bits per heavy atom. The number of carbonyl (C=O) groups is 1. The lowest BCUT2D eigenvalue weighted by Crippen LogP contribution is -2.30. The maximum atomic E-state index is 12.1. The highest BCUT2D eigenvalue weighted by Gasteiger charge is 2.14. The lowest BCUT2D eigenvalue weighted by atomic mass is 10.1. The molecule has 1 heterocycles. The number of carbonyl (C=O) groups excluding carboxylic acids is 1. The quantitative estimate of drug-likeness (QED) is 0.714. The second kappa shape index (κ2) is 5.63. The minimum absolute atomic E-state index is 0.469. The van der Waals surface area contributed by atoms with Crippen molar-refractivity contribution < 1.29 is 9.53 Å². The summed E-state index contributed by atoms with van der Waals surface area (Å²) in [4.78, 5) is 17.6. The van der Waals surface area contributed by atoms with Crippen molar-refractivity contribution in [3.8, 4) is 5.75 Å². The van der Waals surface area contributed by atoms with Crippen LogP contribution in [-0.4, -0.2) is 18.1 Å². The summed E-state index contributed by atoms with van der Waals surface area (Å²) in [5.74, 6) is 1.06. The molecule has 4 heteroatoms. The molecule has 0 aliphatic heterocycles. The van der Waals surface area contributed by atoms with Crippen LogP contribution in [0, 0.1) is 0 Å². The van der Waals surface area contributed by atoms with Gasteiger partial charge in [0.05, 0.1) is 0 Å². The molecule has 2 aromatic carbocycles. The van der Waals surface area contributed by atoms with Gasteiger partial charge in [0.2, 0.25) is 0 Å². The van der Waals surface area contributed by atoms with Crippen LogP contribution in [0.5, 0.6) is 5.75 Å². The van der Waals surface area contributed by atoms with Crippen molar-refractivity contribution in [1.82, 2.24) is 4.98 Å². The summed E-state index contributed by atoms with van der Waals surface area (Å²) in [6.45, 7) is 0. The number of ether oxygens (including phenoxy) is 1. The van der Waals surface area contributed by atoms with Gasteiger partial charge in [-0.05, 0) is 35.0 Å². The number of amides is 1. The molecule has 0 aliphatic carbocycles. The highest BCUT2D eigenvalue weighted by atomic mass is 16.6. The molecule has 0 aliphatic rings. The van der Waals surface area contributed by atoms with Crippen LogP contribution in [0.2, 0.25) is 0 Å². The topological polar surface area (TPSA) is 42.4 Å². The molecule has 0 fully saturated rings. The molecule has 3 aromatic rings. The van der Waals surface area contributed by atoms with Crippen LogP contribution < -0.4 is 9.64 Å². The SMILES string of the molecule is CN(C(=O)Oc1ccc2ccccc2c1)c1ccccn1. The molecule has 1 amide bonds. The van der Waals surface area contributed by atoms with Crippen molar-refractivity contribution in [2.45, 2.75) is 0 Å². The van der Waals surface area contributed by atoms with Crippen LogP contribution in [0.4, 0.5) is 10.6 Å². The standard InChI is InChI=1S/C17H14N2O2/c1-19(16-8-4-5-11-18-16)17(20)21-15-10-9-13-6-2-3-7-14(13)12-15/h2-12H,1H3. The van der Waals surface area contributed by atoms with Crippen LogP contribution in [0.15, 0.2) is 66.9 Å². The van der Waals surface area contributed by atoms with E-state index >= 15 is 0 Å². The van der Waals surface area contributed by atoms with E-state index in [2.05, 4.69) is 4.98 Å². The van der Waals surface area contributed by atoms with Crippen molar-refractivity contribution in [2.75, 3.05) is 11.9 Å². The third kappa shape index (κ3) is 2.84. The Morgan fingerprint density at radius 3 is 2.52 bits per heavy atom. The van der Waals surface area contributed by atoms with Gasteiger partial charge in [-0.2, -0.15) is 0 Å². The van der Waals surface area contributed by atoms with E-state index in [4.69, 9.17) is 4.74 Å². The van der Waals surface area contributed by atoms with Crippen LogP contribution in [0.25, 0.3) is 10.8 Å². The average molecular weight is 278 g/mol. The van der Waals surface area contributed by atoms with E-state index in [0.717, 1.165) is 10.8 Å². The number of aromatic nitrogens is 1. The first kappa shape index (κ1) is 13.1. The second-order valence-corrected chi connectivity index (χ2v) is 4.62. The molecule has 0 saturated carbocycles. The maximum absolute atomic E-state index is 12.1. The fourth-order valence-electron chi connectivity index (χ4n) is 2.05. The third-order valence-corrected chi connectivity index (χ3v) is 3.19. The fourth-order valence-corrected chi connectivity index (χ4v) is 2.05. The van der Waals surface area contributed by atoms with Crippen molar-refractivity contribution in [2.24, 2.45) is 0 Å². The normalized spacial score (nSPS) is 10.3. The zero-order chi connectivity index (χ0) is 14.7. The number of hydrogen-bond acceptors (Lipinski definition) is 3. The van der Waals surface area contributed by atoms with E-state index in [1.54, 1.807) is 31.4 Å². The van der Waals surface area contributed by atoms with Crippen LogP contribution in [0.3, 0.4) is 0 Å². The number of fused-ring (bicyclic) bond motifs is 1. The highest BCUT2D eigenvalue weighted by Crippen LogP contribution is 2.21. The summed E-state index contributed by atoms with van der Waals surface area (Å²) in [5.41, 5.74) is 0. The van der Waals surface area contributed by atoms with Gasteiger partial charge < -0.3 is 4.74 Å². The van der Waals surface area contributed by atoms with E-state index < -0.39 is 6.09 Å². The monoisotopic (exact) mass is 278 g/mol. The average Bonchev–Trinajstić information content (AvgIpc) is 2.55. The van der Waals surface area contributed by atoms with Gasteiger partial charge in [-0.1, -0.05) is 36.4 Å². The first-order valence-corrected chi connectivity index (χ1v) is 6.59. The Bertz CT molecular complexity index is 772. The van der Waals surface area contributed by atoms with Crippen molar-refractivity contribution in [1.29, 1.82) is 0 Å². The van der Waals surface area contributed by atoms with E-state index in [1.807, 2.05) is 42.5 Å². The number of nitrogens with zero attached hydrogens (tertiary/aromatic N) is 2. The summed E-state index contributed by atoms with van der Waals surface area (Å²) in [6, 6.07) is 18.9. The van der Waals surface area contributed by atoms with Gasteiger partial charge in [-0.25, -0.2) is 9.78 Å². The largest absolute Gasteiger partial charge is 0.420 e. The molecule has 21 heavy (non-hydrogen) atoms. The van der Waals surface area contributed by atoms with Crippen LogP contribution >= 0.6 is 0 Å². The van der Waals surface area contributed by atoms with Crippen molar-refractivity contribution in [3.05, 3.63) is 66.9 Å². The predicted molar refractivity (Wildman–Crippen MR) is 82.6 cm³/mol. The lowest BCUT2D eigenvalue weighted by molar-refractivity contribution is 0.209. The fraction of sp³-hybridized carbons (Fsp3) is 0.0588. The molecule has 0 spiro atoms. The van der Waals surface area contributed by atoms with Gasteiger partial charge in [-0.15, -0.1) is 0 Å². The van der Waals surface area contributed by atoms with Gasteiger partial charge in [0.1, 0.15) is 11.6 Å². The lowest BCUT2D eigenvalue weighted by Gasteiger charge is -2.15. The number of rotatable bonds is 2. The second-order valence-electron chi connectivity index (χ2n) is 4.62. The Morgan fingerprint density at radius 2 is 1.76 bits per heavy atom. The van der Waals surface area contributed by atoms with E-state index in [0.29, 0.717) is 11.6 Å². The van der Waals surface area contributed by atoms with Gasteiger partial charge in [0, 0.05) is 13.2 Å². The number of benzene rings is 2. The van der Waals surface area contributed by atoms with Gasteiger partial charge in [-0.3, -0.25) is 4.90 Å². The van der Waals surface area contributed by atoms with Gasteiger partial charge in [0.25, 0.3) is 0 Å². The molecule has 0 N–H and O–H groups in total. The van der Waals surface area contributed by atoms with E-state index in [9.17, 15) is 4.79 Å². The highest BCUT2D eigenvalue weighted by molar-refractivity contribution is 5.89. The molecule has 0 bridgehead atoms. The molecular formula is C17H14N2O2. The minimum Gasteiger partial charge on any atom is -0.410 e. The molecule has 0 saturated heterocycles. The van der Waals surface area contributed by atoms with Crippen molar-refractivity contribution >= 4 is 22.7 Å². The minimum atomic E-state index is -0.469. The summed E-state index contributed by atoms with van der Waals surface area (Å²) >= 11 is 0. The van der Waals surface area contributed by atoms with E-state index in [1.165, 1.54) is 4.90 Å². The molecule has 3 rings (SSSR count). The zero-order valence-corrected chi connectivity index (χ0v) is 11.6. The molecule has 1 aromatic heterocycles. The Labute approximate surface area is 122 Å². The maximum Gasteiger partial charge on any atom is 0.420 e.